The first-order valence-electron chi connectivity index (χ1n) is 12.3. The third kappa shape index (κ3) is 19.8. The second kappa shape index (κ2) is 19.7. The third-order valence-corrected chi connectivity index (χ3v) is 5.53. The van der Waals surface area contributed by atoms with Gasteiger partial charge in [0.2, 0.25) is 0 Å². The first kappa shape index (κ1) is 34.6. The van der Waals surface area contributed by atoms with Crippen LogP contribution < -0.4 is 0 Å². The molecule has 0 aliphatic carbocycles. The maximum atomic E-state index is 10.2. The van der Waals surface area contributed by atoms with E-state index in [1.54, 1.807) is 19.1 Å². The topological polar surface area (TPSA) is 138 Å². The summed E-state index contributed by atoms with van der Waals surface area (Å²) in [5.74, 6) is 0. The summed E-state index contributed by atoms with van der Waals surface area (Å²) < 4.78 is 33.0. The average Bonchev–Trinajstić information content (AvgIpc) is 2.77. The lowest BCUT2D eigenvalue weighted by atomic mass is 10.1. The molecule has 0 radical (unpaired) electrons. The third-order valence-electron chi connectivity index (χ3n) is 5.53. The van der Waals surface area contributed by atoms with Gasteiger partial charge in [-0.15, -0.1) is 0 Å². The monoisotopic (exact) mass is 507 g/mol. The minimum atomic E-state index is -4.67. The van der Waals surface area contributed by atoms with Crippen molar-refractivity contribution in [1.29, 1.82) is 0 Å². The largest absolute Gasteiger partial charge is 0.394 e. The fourth-order valence-corrected chi connectivity index (χ4v) is 3.52. The Kier molecular flexibility index (Phi) is 20.0. The molecule has 0 saturated heterocycles. The predicted molar refractivity (Wildman–Crippen MR) is 137 cm³/mol. The molecular formula is C24H47N2O7S+. The van der Waals surface area contributed by atoms with E-state index in [0.717, 1.165) is 0 Å². The van der Waals surface area contributed by atoms with Crippen LogP contribution in [0.2, 0.25) is 0 Å². The average molecular weight is 508 g/mol. The summed E-state index contributed by atoms with van der Waals surface area (Å²) in [7, 11) is -4.67. The van der Waals surface area contributed by atoms with Gasteiger partial charge in [-0.05, 0) is 50.3 Å². The van der Waals surface area contributed by atoms with E-state index in [1.807, 2.05) is 0 Å². The van der Waals surface area contributed by atoms with Crippen LogP contribution >= 0.6 is 0 Å². The van der Waals surface area contributed by atoms with Crippen LogP contribution in [0.25, 0.3) is 0 Å². The lowest BCUT2D eigenvalue weighted by Crippen LogP contribution is -2.50. The molecule has 0 aliphatic heterocycles. The molecule has 1 unspecified atom stereocenters. The van der Waals surface area contributed by atoms with Crippen LogP contribution in [-0.4, -0.2) is 58.2 Å². The molecule has 1 atom stereocenters. The van der Waals surface area contributed by atoms with E-state index in [4.69, 9.17) is 22.6 Å². The molecule has 3 N–H and O–H groups in total. The lowest BCUT2D eigenvalue weighted by Gasteiger charge is -2.39. The van der Waals surface area contributed by atoms with Crippen molar-refractivity contribution >= 4 is 16.1 Å². The number of aliphatic hydroxyl groups is 1. The van der Waals surface area contributed by atoms with Gasteiger partial charge in [0, 0.05) is 12.1 Å². The lowest BCUT2D eigenvalue weighted by molar-refractivity contribution is -0.929. The van der Waals surface area contributed by atoms with E-state index >= 15 is 0 Å². The van der Waals surface area contributed by atoms with E-state index < -0.39 is 21.4 Å². The molecule has 34 heavy (non-hydrogen) atoms. The first-order chi connectivity index (χ1) is 15.9. The van der Waals surface area contributed by atoms with Crippen LogP contribution in [0.3, 0.4) is 0 Å². The van der Waals surface area contributed by atoms with E-state index in [2.05, 4.69) is 27.7 Å². The Morgan fingerprint density at radius 2 is 1.12 bits per heavy atom. The van der Waals surface area contributed by atoms with Crippen molar-refractivity contribution in [3.8, 4) is 0 Å². The second-order valence-electron chi connectivity index (χ2n) is 8.62. The number of nitro benzene ring substituents is 1. The number of nitro groups is 1. The highest BCUT2D eigenvalue weighted by Crippen LogP contribution is 2.17. The van der Waals surface area contributed by atoms with Gasteiger partial charge in [0.15, 0.2) is 0 Å². The Labute approximate surface area is 206 Å². The van der Waals surface area contributed by atoms with E-state index in [-0.39, 0.29) is 5.69 Å². The molecule has 0 spiro atoms. The zero-order valence-electron chi connectivity index (χ0n) is 21.6. The zero-order chi connectivity index (χ0) is 26.6. The van der Waals surface area contributed by atoms with E-state index in [0.29, 0.717) is 5.56 Å². The standard InChI is InChI=1S/C16H36N.C8H9NO3.H2O4S/c1-5-9-13-17(14-10-6-2,15-11-7-3)16-12-8-4;1-6(10)7-2-4-8(5-3-7)9(11)12;1-5(2,3)4/h5-16H2,1-4H3;2-6,10H,1H3;(H2,1,2,3,4)/q+1;;. The molecule has 0 aromatic heterocycles. The van der Waals surface area contributed by atoms with Gasteiger partial charge >= 0.3 is 10.4 Å². The van der Waals surface area contributed by atoms with Crippen molar-refractivity contribution in [3.63, 3.8) is 0 Å². The smallest absolute Gasteiger partial charge is 0.389 e. The molecule has 200 valence electrons. The molecule has 0 aliphatic rings. The number of unbranched alkanes of at least 4 members (excludes halogenated alkanes) is 4. The normalized spacial score (nSPS) is 12.1. The molecule has 10 heteroatoms. The fourth-order valence-electron chi connectivity index (χ4n) is 3.52. The van der Waals surface area contributed by atoms with Gasteiger partial charge in [-0.3, -0.25) is 19.2 Å². The van der Waals surface area contributed by atoms with Gasteiger partial charge in [0.1, 0.15) is 0 Å². The van der Waals surface area contributed by atoms with Gasteiger partial charge in [0.25, 0.3) is 5.69 Å². The minimum Gasteiger partial charge on any atom is -0.389 e. The molecule has 0 bridgehead atoms. The van der Waals surface area contributed by atoms with Crippen LogP contribution in [-0.2, 0) is 10.4 Å². The summed E-state index contributed by atoms with van der Waals surface area (Å²) in [4.78, 5) is 9.76. The van der Waals surface area contributed by atoms with Crippen molar-refractivity contribution in [2.75, 3.05) is 26.2 Å². The van der Waals surface area contributed by atoms with Crippen LogP contribution in [0.4, 0.5) is 5.69 Å². The summed E-state index contributed by atoms with van der Waals surface area (Å²) in [6.07, 6.45) is 10.5. The fraction of sp³-hybridized carbons (Fsp3) is 0.750. The summed E-state index contributed by atoms with van der Waals surface area (Å²) >= 11 is 0. The van der Waals surface area contributed by atoms with Crippen molar-refractivity contribution in [1.82, 2.24) is 0 Å². The van der Waals surface area contributed by atoms with E-state index in [9.17, 15) is 10.1 Å². The molecule has 1 rings (SSSR count). The second-order valence-corrected chi connectivity index (χ2v) is 9.52. The van der Waals surface area contributed by atoms with Crippen LogP contribution in [0.1, 0.15) is 97.7 Å². The van der Waals surface area contributed by atoms with Gasteiger partial charge in [-0.2, -0.15) is 8.42 Å². The Bertz CT molecular complexity index is 693. The number of rotatable bonds is 14. The van der Waals surface area contributed by atoms with E-state index in [1.165, 1.54) is 94.2 Å². The molecule has 0 fully saturated rings. The quantitative estimate of drug-likeness (QED) is 0.121. The highest BCUT2D eigenvalue weighted by atomic mass is 32.3. The summed E-state index contributed by atoms with van der Waals surface area (Å²) in [6.45, 7) is 16.6. The summed E-state index contributed by atoms with van der Waals surface area (Å²) in [5, 5.41) is 19.3. The van der Waals surface area contributed by atoms with Gasteiger partial charge in [-0.25, -0.2) is 0 Å². The van der Waals surface area contributed by atoms with Gasteiger partial charge in [0.05, 0.1) is 37.2 Å². The van der Waals surface area contributed by atoms with Gasteiger partial charge < -0.3 is 9.59 Å². The molecule has 9 nitrogen and oxygen atoms in total. The molecule has 0 amide bonds. The molecule has 0 saturated carbocycles. The summed E-state index contributed by atoms with van der Waals surface area (Å²) in [6, 6.07) is 5.84. The Morgan fingerprint density at radius 1 is 0.824 bits per heavy atom. The minimum absolute atomic E-state index is 0.0411. The maximum Gasteiger partial charge on any atom is 0.394 e. The number of hydrogen-bond acceptors (Lipinski definition) is 5. The molecule has 1 aromatic carbocycles. The zero-order valence-corrected chi connectivity index (χ0v) is 22.5. The van der Waals surface area contributed by atoms with Crippen molar-refractivity contribution in [3.05, 3.63) is 39.9 Å². The predicted octanol–water partition coefficient (Wildman–Crippen LogP) is 6.00. The number of quaternary nitrogens is 1. The number of hydrogen-bond donors (Lipinski definition) is 3. The Hall–Kier alpha value is -1.59. The Balaban J connectivity index is 0. The highest BCUT2D eigenvalue weighted by Gasteiger charge is 2.24. The van der Waals surface area contributed by atoms with Crippen LogP contribution in [0.15, 0.2) is 24.3 Å². The first-order valence-corrected chi connectivity index (χ1v) is 13.7. The molecular weight excluding hydrogens is 460 g/mol. The van der Waals surface area contributed by atoms with Crippen molar-refractivity contribution in [2.45, 2.75) is 92.1 Å². The number of nitrogens with zero attached hydrogens (tertiary/aromatic N) is 2. The highest BCUT2D eigenvalue weighted by molar-refractivity contribution is 7.79. The maximum absolute atomic E-state index is 10.2. The van der Waals surface area contributed by atoms with Crippen molar-refractivity contribution < 1.29 is 32.0 Å². The SMILES string of the molecule is CC(O)c1ccc([N+](=O)[O-])cc1.CCCC[N+](CCCC)(CCCC)CCCC.O=S(=O)(O)O. The van der Waals surface area contributed by atoms with Crippen LogP contribution in [0.5, 0.6) is 0 Å². The van der Waals surface area contributed by atoms with Crippen molar-refractivity contribution in [2.24, 2.45) is 0 Å². The molecule has 0 heterocycles. The number of non-ortho nitro benzene ring substituents is 1. The number of aliphatic hydroxyl groups excluding tert-OH is 1. The Morgan fingerprint density at radius 3 is 1.32 bits per heavy atom. The summed E-state index contributed by atoms with van der Waals surface area (Å²) in [5.41, 5.74) is 0.722. The van der Waals surface area contributed by atoms with Crippen LogP contribution in [0, 0.1) is 10.1 Å². The molecule has 1 aromatic rings. The van der Waals surface area contributed by atoms with Gasteiger partial charge in [-0.1, -0.05) is 53.4 Å². The number of benzene rings is 1.